The summed E-state index contributed by atoms with van der Waals surface area (Å²) >= 11 is 0. The lowest BCUT2D eigenvalue weighted by molar-refractivity contribution is -0.121. The number of rotatable bonds is 8. The zero-order valence-corrected chi connectivity index (χ0v) is 17.4. The molecular formula is C20H32N4O4. The number of nitrogens with one attached hydrogen (secondary N) is 3. The Hall–Kier alpha value is -2.77. The van der Waals surface area contributed by atoms with Gasteiger partial charge in [-0.15, -0.1) is 0 Å². The quantitative estimate of drug-likeness (QED) is 0.466. The topological polar surface area (TPSA) is 99.8 Å². The monoisotopic (exact) mass is 392 g/mol. The van der Waals surface area contributed by atoms with E-state index in [0.29, 0.717) is 18.5 Å². The molecular weight excluding hydrogens is 360 g/mol. The summed E-state index contributed by atoms with van der Waals surface area (Å²) in [6.45, 7) is 11.6. The zero-order chi connectivity index (χ0) is 21.2. The highest BCUT2D eigenvalue weighted by Crippen LogP contribution is 2.14. The summed E-state index contributed by atoms with van der Waals surface area (Å²) in [5, 5.41) is 2.58. The van der Waals surface area contributed by atoms with Crippen LogP contribution >= 0.6 is 0 Å². The van der Waals surface area contributed by atoms with Crippen LogP contribution in [0.1, 0.15) is 57.8 Å². The normalized spacial score (nSPS) is 10.8. The van der Waals surface area contributed by atoms with Gasteiger partial charge in [0.05, 0.1) is 0 Å². The van der Waals surface area contributed by atoms with E-state index in [2.05, 4.69) is 34.9 Å². The molecule has 156 valence electrons. The van der Waals surface area contributed by atoms with Crippen molar-refractivity contribution in [2.45, 2.75) is 53.1 Å². The second-order valence-corrected chi connectivity index (χ2v) is 7.25. The van der Waals surface area contributed by atoms with Crippen molar-refractivity contribution in [3.05, 3.63) is 29.8 Å². The number of anilines is 1. The molecule has 0 aromatic heterocycles. The van der Waals surface area contributed by atoms with Crippen molar-refractivity contribution in [1.29, 1.82) is 0 Å². The van der Waals surface area contributed by atoms with Crippen LogP contribution in [0.4, 0.5) is 10.5 Å². The van der Waals surface area contributed by atoms with Crippen LogP contribution in [0.2, 0.25) is 0 Å². The average Bonchev–Trinajstić information content (AvgIpc) is 2.63. The van der Waals surface area contributed by atoms with Gasteiger partial charge < -0.3 is 15.0 Å². The molecule has 1 aromatic carbocycles. The third-order valence-corrected chi connectivity index (χ3v) is 3.82. The van der Waals surface area contributed by atoms with Crippen molar-refractivity contribution < 1.29 is 19.1 Å². The van der Waals surface area contributed by atoms with E-state index in [9.17, 15) is 14.4 Å². The lowest BCUT2D eigenvalue weighted by Gasteiger charge is -2.21. The number of hydrogen-bond acceptors (Lipinski definition) is 5. The van der Waals surface area contributed by atoms with Gasteiger partial charge in [-0.05, 0) is 65.3 Å². The highest BCUT2D eigenvalue weighted by Gasteiger charge is 2.15. The van der Waals surface area contributed by atoms with Gasteiger partial charge in [0.2, 0.25) is 5.91 Å². The molecule has 28 heavy (non-hydrogen) atoms. The molecule has 8 heteroatoms. The highest BCUT2D eigenvalue weighted by atomic mass is 16.6. The Morgan fingerprint density at radius 3 is 2.14 bits per heavy atom. The van der Waals surface area contributed by atoms with Crippen molar-refractivity contribution in [2.24, 2.45) is 0 Å². The lowest BCUT2D eigenvalue weighted by atomic mass is 10.2. The SMILES string of the molecule is CCN(CC)c1ccc(C(=O)NNC(=O)CCCNC(=O)OC(C)(C)C)cc1. The van der Waals surface area contributed by atoms with E-state index in [1.54, 1.807) is 32.9 Å². The van der Waals surface area contributed by atoms with E-state index < -0.39 is 11.7 Å². The Labute approximate surface area is 167 Å². The van der Waals surface area contributed by atoms with Crippen LogP contribution in [0.25, 0.3) is 0 Å². The van der Waals surface area contributed by atoms with Crippen molar-refractivity contribution in [2.75, 3.05) is 24.5 Å². The second-order valence-electron chi connectivity index (χ2n) is 7.25. The van der Waals surface area contributed by atoms with Gasteiger partial charge in [0.1, 0.15) is 5.60 Å². The van der Waals surface area contributed by atoms with Crippen LogP contribution < -0.4 is 21.1 Å². The Morgan fingerprint density at radius 1 is 1.00 bits per heavy atom. The number of nitrogens with zero attached hydrogens (tertiary/aromatic N) is 1. The molecule has 0 aliphatic carbocycles. The van der Waals surface area contributed by atoms with E-state index in [0.717, 1.165) is 18.8 Å². The number of ether oxygens (including phenoxy) is 1. The third-order valence-electron chi connectivity index (χ3n) is 3.82. The minimum atomic E-state index is -0.560. The molecule has 0 saturated carbocycles. The van der Waals surface area contributed by atoms with Crippen molar-refractivity contribution in [3.63, 3.8) is 0 Å². The van der Waals surface area contributed by atoms with Crippen LogP contribution in [-0.4, -0.2) is 43.1 Å². The van der Waals surface area contributed by atoms with E-state index >= 15 is 0 Å². The minimum absolute atomic E-state index is 0.164. The molecule has 1 aromatic rings. The molecule has 0 fully saturated rings. The Bertz CT molecular complexity index is 649. The molecule has 0 radical (unpaired) electrons. The average molecular weight is 393 g/mol. The first kappa shape index (κ1) is 23.3. The molecule has 3 amide bonds. The Kier molecular flexibility index (Phi) is 9.27. The summed E-state index contributed by atoms with van der Waals surface area (Å²) in [4.78, 5) is 37.6. The Morgan fingerprint density at radius 2 is 1.61 bits per heavy atom. The fourth-order valence-corrected chi connectivity index (χ4v) is 2.43. The summed E-state index contributed by atoms with van der Waals surface area (Å²) in [6, 6.07) is 7.21. The minimum Gasteiger partial charge on any atom is -0.444 e. The Balaban J connectivity index is 2.31. The van der Waals surface area contributed by atoms with Crippen molar-refractivity contribution >= 4 is 23.6 Å². The van der Waals surface area contributed by atoms with Crippen LogP contribution in [0.5, 0.6) is 0 Å². The molecule has 0 heterocycles. The van der Waals surface area contributed by atoms with Crippen molar-refractivity contribution in [1.82, 2.24) is 16.2 Å². The first-order valence-corrected chi connectivity index (χ1v) is 9.57. The number of hydrogen-bond donors (Lipinski definition) is 3. The molecule has 8 nitrogen and oxygen atoms in total. The maximum atomic E-state index is 12.1. The summed E-state index contributed by atoms with van der Waals surface area (Å²) in [5.41, 5.74) is 5.71. The summed E-state index contributed by atoms with van der Waals surface area (Å²) in [7, 11) is 0. The molecule has 1 rings (SSSR count). The number of amides is 3. The number of hydrazine groups is 1. The van der Waals surface area contributed by atoms with Gasteiger partial charge >= 0.3 is 6.09 Å². The molecule has 0 spiro atoms. The van der Waals surface area contributed by atoms with Gasteiger partial charge in [-0.3, -0.25) is 20.4 Å². The molecule has 0 saturated heterocycles. The van der Waals surface area contributed by atoms with Crippen LogP contribution in [0.15, 0.2) is 24.3 Å². The zero-order valence-electron chi connectivity index (χ0n) is 17.4. The van der Waals surface area contributed by atoms with Gasteiger partial charge in [0.25, 0.3) is 5.91 Å². The van der Waals surface area contributed by atoms with Gasteiger partial charge in [-0.2, -0.15) is 0 Å². The van der Waals surface area contributed by atoms with Gasteiger partial charge in [0.15, 0.2) is 0 Å². The van der Waals surface area contributed by atoms with E-state index in [1.165, 1.54) is 0 Å². The van der Waals surface area contributed by atoms with Crippen LogP contribution in [-0.2, 0) is 9.53 Å². The summed E-state index contributed by atoms with van der Waals surface area (Å²) < 4.78 is 5.10. The lowest BCUT2D eigenvalue weighted by Crippen LogP contribution is -2.41. The number of carbonyl (C=O) groups excluding carboxylic acids is 3. The molecule has 0 bridgehead atoms. The molecule has 0 atom stereocenters. The summed E-state index contributed by atoms with van der Waals surface area (Å²) in [6.07, 6.45) is 0.0746. The van der Waals surface area contributed by atoms with Gasteiger partial charge in [-0.25, -0.2) is 4.79 Å². The maximum absolute atomic E-state index is 12.1. The highest BCUT2D eigenvalue weighted by molar-refractivity contribution is 5.95. The number of benzene rings is 1. The predicted molar refractivity (Wildman–Crippen MR) is 109 cm³/mol. The van der Waals surface area contributed by atoms with Crippen LogP contribution in [0.3, 0.4) is 0 Å². The molecule has 3 N–H and O–H groups in total. The molecule has 0 aliphatic heterocycles. The standard InChI is InChI=1S/C20H32N4O4/c1-6-24(7-2)16-12-10-15(11-13-16)18(26)23-22-17(25)9-8-14-21-19(27)28-20(3,4)5/h10-13H,6-9,14H2,1-5H3,(H,21,27)(H,22,25)(H,23,26). The number of carbonyl (C=O) groups is 3. The van der Waals surface area contributed by atoms with E-state index in [1.807, 2.05) is 12.1 Å². The molecule has 0 aliphatic rings. The van der Waals surface area contributed by atoms with Crippen molar-refractivity contribution in [3.8, 4) is 0 Å². The third kappa shape index (κ3) is 8.75. The second kappa shape index (κ2) is 11.2. The first-order chi connectivity index (χ1) is 13.2. The van der Waals surface area contributed by atoms with E-state index in [-0.39, 0.29) is 18.2 Å². The fourth-order valence-electron chi connectivity index (χ4n) is 2.43. The number of alkyl carbamates (subject to hydrolysis) is 1. The first-order valence-electron chi connectivity index (χ1n) is 9.57. The van der Waals surface area contributed by atoms with Gasteiger partial charge in [-0.1, -0.05) is 0 Å². The predicted octanol–water partition coefficient (Wildman–Crippen LogP) is 2.60. The fraction of sp³-hybridized carbons (Fsp3) is 0.550. The smallest absolute Gasteiger partial charge is 0.407 e. The summed E-state index contributed by atoms with van der Waals surface area (Å²) in [5.74, 6) is -0.717. The molecule has 0 unspecified atom stereocenters. The van der Waals surface area contributed by atoms with E-state index in [4.69, 9.17) is 4.74 Å². The van der Waals surface area contributed by atoms with Crippen LogP contribution in [0, 0.1) is 0 Å². The van der Waals surface area contributed by atoms with Gasteiger partial charge in [0, 0.05) is 37.3 Å². The largest absolute Gasteiger partial charge is 0.444 e. The maximum Gasteiger partial charge on any atom is 0.407 e.